The Bertz CT molecular complexity index is 851. The molecule has 0 aliphatic carbocycles. The number of nitrogens with zero attached hydrogens (tertiary/aromatic N) is 3. The smallest absolute Gasteiger partial charge is 0.270 e. The number of hydrogen-bond acceptors (Lipinski definition) is 4. The van der Waals surface area contributed by atoms with Crippen molar-refractivity contribution in [3.05, 3.63) is 48.3 Å². The summed E-state index contributed by atoms with van der Waals surface area (Å²) in [5, 5.41) is 2.81. The largest absolute Gasteiger partial charge is 0.497 e. The number of hydrogen-bond donors (Lipinski definition) is 1. The summed E-state index contributed by atoms with van der Waals surface area (Å²) in [5.74, 6) is 0.370. The average molecular weight is 384 g/mol. The summed E-state index contributed by atoms with van der Waals surface area (Å²) in [4.78, 5) is 40.1. The van der Waals surface area contributed by atoms with Crippen molar-refractivity contribution in [1.82, 2.24) is 14.4 Å². The number of rotatable bonds is 5. The Labute approximate surface area is 163 Å². The van der Waals surface area contributed by atoms with Gasteiger partial charge in [-0.1, -0.05) is 0 Å². The number of ether oxygens (including phenoxy) is 1. The average Bonchev–Trinajstić information content (AvgIpc) is 3.16. The van der Waals surface area contributed by atoms with E-state index in [1.54, 1.807) is 64.1 Å². The zero-order valence-electron chi connectivity index (χ0n) is 16.1. The first-order valence-electron chi connectivity index (χ1n) is 9.12. The van der Waals surface area contributed by atoms with E-state index < -0.39 is 0 Å². The van der Waals surface area contributed by atoms with Crippen molar-refractivity contribution in [2.75, 3.05) is 38.6 Å². The summed E-state index contributed by atoms with van der Waals surface area (Å²) in [5.41, 5.74) is 1.12. The molecule has 1 aromatic heterocycles. The molecule has 1 fully saturated rings. The van der Waals surface area contributed by atoms with Crippen LogP contribution in [0.1, 0.15) is 17.4 Å². The summed E-state index contributed by atoms with van der Waals surface area (Å²) in [7, 11) is 1.58. The summed E-state index contributed by atoms with van der Waals surface area (Å²) in [6, 6.07) is 10.5. The lowest BCUT2D eigenvalue weighted by Gasteiger charge is -2.34. The minimum atomic E-state index is -0.225. The number of amides is 3. The van der Waals surface area contributed by atoms with Crippen LogP contribution in [-0.4, -0.2) is 65.4 Å². The van der Waals surface area contributed by atoms with Gasteiger partial charge in [-0.05, 0) is 36.4 Å². The number of aromatic nitrogens is 1. The number of carbonyl (C=O) groups excluding carboxylic acids is 3. The predicted octanol–water partition coefficient (Wildman–Crippen LogP) is 1.44. The summed E-state index contributed by atoms with van der Waals surface area (Å²) < 4.78 is 6.74. The molecule has 1 aliphatic rings. The SMILES string of the molecule is COc1ccc(NC(=O)Cn2cccc2C(=O)N2CCN(C(C)=O)CC2)cc1. The molecule has 0 atom stereocenters. The highest BCUT2D eigenvalue weighted by atomic mass is 16.5. The van der Waals surface area contributed by atoms with Crippen molar-refractivity contribution in [3.8, 4) is 5.75 Å². The Morgan fingerprint density at radius 2 is 1.64 bits per heavy atom. The molecule has 0 radical (unpaired) electrons. The lowest BCUT2D eigenvalue weighted by atomic mass is 10.2. The standard InChI is InChI=1S/C20H24N4O4/c1-15(25)22-10-12-23(13-11-22)20(27)18-4-3-9-24(18)14-19(26)21-16-5-7-17(28-2)8-6-16/h3-9H,10-14H2,1-2H3,(H,21,26). The number of methoxy groups -OCH3 is 1. The lowest BCUT2D eigenvalue weighted by Crippen LogP contribution is -2.50. The number of anilines is 1. The highest BCUT2D eigenvalue weighted by Gasteiger charge is 2.25. The van der Waals surface area contributed by atoms with Crippen LogP contribution in [0.2, 0.25) is 0 Å². The third-order valence-electron chi connectivity index (χ3n) is 4.75. The third kappa shape index (κ3) is 4.51. The highest BCUT2D eigenvalue weighted by Crippen LogP contribution is 2.15. The Morgan fingerprint density at radius 1 is 1.00 bits per heavy atom. The van der Waals surface area contributed by atoms with E-state index in [9.17, 15) is 14.4 Å². The number of carbonyl (C=O) groups is 3. The second kappa shape index (κ2) is 8.60. The maximum absolute atomic E-state index is 12.8. The molecule has 0 saturated carbocycles. The number of nitrogens with one attached hydrogen (secondary N) is 1. The molecule has 3 amide bonds. The second-order valence-electron chi connectivity index (χ2n) is 6.60. The van der Waals surface area contributed by atoms with Crippen molar-refractivity contribution in [2.45, 2.75) is 13.5 Å². The van der Waals surface area contributed by atoms with Crippen LogP contribution in [0.3, 0.4) is 0 Å². The van der Waals surface area contributed by atoms with Gasteiger partial charge in [0.2, 0.25) is 11.8 Å². The van der Waals surface area contributed by atoms with Crippen LogP contribution >= 0.6 is 0 Å². The second-order valence-corrected chi connectivity index (χ2v) is 6.60. The van der Waals surface area contributed by atoms with Gasteiger partial charge in [0.1, 0.15) is 18.0 Å². The molecule has 0 unspecified atom stereocenters. The van der Waals surface area contributed by atoms with Crippen LogP contribution in [0.5, 0.6) is 5.75 Å². The van der Waals surface area contributed by atoms with E-state index >= 15 is 0 Å². The van der Waals surface area contributed by atoms with Crippen LogP contribution < -0.4 is 10.1 Å². The molecule has 0 spiro atoms. The van der Waals surface area contributed by atoms with E-state index in [0.29, 0.717) is 43.3 Å². The van der Waals surface area contributed by atoms with Crippen molar-refractivity contribution in [2.24, 2.45) is 0 Å². The van der Waals surface area contributed by atoms with Gasteiger partial charge in [-0.25, -0.2) is 0 Å². The fourth-order valence-electron chi connectivity index (χ4n) is 3.16. The van der Waals surface area contributed by atoms with Crippen LogP contribution in [0.25, 0.3) is 0 Å². The molecule has 0 bridgehead atoms. The molecule has 28 heavy (non-hydrogen) atoms. The molecule has 1 aliphatic heterocycles. The van der Waals surface area contributed by atoms with E-state index in [0.717, 1.165) is 0 Å². The fourth-order valence-corrected chi connectivity index (χ4v) is 3.16. The van der Waals surface area contributed by atoms with Crippen molar-refractivity contribution >= 4 is 23.4 Å². The molecule has 8 heteroatoms. The monoisotopic (exact) mass is 384 g/mol. The summed E-state index contributed by atoms with van der Waals surface area (Å²) in [6.07, 6.45) is 1.71. The molecule has 1 aromatic carbocycles. The van der Waals surface area contributed by atoms with Gasteiger partial charge < -0.3 is 24.4 Å². The highest BCUT2D eigenvalue weighted by molar-refractivity contribution is 5.95. The predicted molar refractivity (Wildman–Crippen MR) is 104 cm³/mol. The lowest BCUT2D eigenvalue weighted by molar-refractivity contribution is -0.130. The minimum Gasteiger partial charge on any atom is -0.497 e. The van der Waals surface area contributed by atoms with Gasteiger partial charge in [-0.2, -0.15) is 0 Å². The fraction of sp³-hybridized carbons (Fsp3) is 0.350. The van der Waals surface area contributed by atoms with E-state index in [1.165, 1.54) is 6.92 Å². The quantitative estimate of drug-likeness (QED) is 0.846. The van der Waals surface area contributed by atoms with Crippen LogP contribution in [0, 0.1) is 0 Å². The van der Waals surface area contributed by atoms with Crippen molar-refractivity contribution in [3.63, 3.8) is 0 Å². The van der Waals surface area contributed by atoms with E-state index in [2.05, 4.69) is 5.32 Å². The first-order valence-corrected chi connectivity index (χ1v) is 9.12. The van der Waals surface area contributed by atoms with Crippen LogP contribution in [-0.2, 0) is 16.1 Å². The molecule has 3 rings (SSSR count). The molecule has 2 heterocycles. The maximum Gasteiger partial charge on any atom is 0.270 e. The number of benzene rings is 1. The van der Waals surface area contributed by atoms with Gasteiger partial charge in [0, 0.05) is 45.0 Å². The van der Waals surface area contributed by atoms with E-state index in [4.69, 9.17) is 4.74 Å². The molecule has 1 saturated heterocycles. The Morgan fingerprint density at radius 3 is 2.25 bits per heavy atom. The van der Waals surface area contributed by atoms with Gasteiger partial charge >= 0.3 is 0 Å². The molecular weight excluding hydrogens is 360 g/mol. The topological polar surface area (TPSA) is 83.9 Å². The number of piperazine rings is 1. The first kappa shape index (κ1) is 19.5. The normalized spacial score (nSPS) is 13.9. The van der Waals surface area contributed by atoms with Crippen LogP contribution in [0.4, 0.5) is 5.69 Å². The van der Waals surface area contributed by atoms with Gasteiger partial charge in [-0.15, -0.1) is 0 Å². The Kier molecular flexibility index (Phi) is 5.98. The minimum absolute atomic E-state index is 0.0191. The zero-order chi connectivity index (χ0) is 20.1. The van der Waals surface area contributed by atoms with Gasteiger partial charge in [0.15, 0.2) is 0 Å². The summed E-state index contributed by atoms with van der Waals surface area (Å²) >= 11 is 0. The Balaban J connectivity index is 1.60. The van der Waals surface area contributed by atoms with E-state index in [1.807, 2.05) is 0 Å². The Hall–Kier alpha value is -3.29. The van der Waals surface area contributed by atoms with Gasteiger partial charge in [-0.3, -0.25) is 14.4 Å². The first-order chi connectivity index (χ1) is 13.5. The maximum atomic E-state index is 12.8. The molecular formula is C20H24N4O4. The summed E-state index contributed by atoms with van der Waals surface area (Å²) in [6.45, 7) is 3.60. The van der Waals surface area contributed by atoms with Crippen molar-refractivity contribution < 1.29 is 19.1 Å². The molecule has 2 aromatic rings. The van der Waals surface area contributed by atoms with E-state index in [-0.39, 0.29) is 24.3 Å². The van der Waals surface area contributed by atoms with Gasteiger partial charge in [0.05, 0.1) is 7.11 Å². The molecule has 8 nitrogen and oxygen atoms in total. The van der Waals surface area contributed by atoms with Crippen LogP contribution in [0.15, 0.2) is 42.6 Å². The zero-order valence-corrected chi connectivity index (χ0v) is 16.1. The van der Waals surface area contributed by atoms with Gasteiger partial charge in [0.25, 0.3) is 5.91 Å². The molecule has 148 valence electrons. The molecule has 1 N–H and O–H groups in total. The van der Waals surface area contributed by atoms with Crippen molar-refractivity contribution in [1.29, 1.82) is 0 Å². The third-order valence-corrected chi connectivity index (χ3v) is 4.75.